The molecule has 0 aliphatic rings. The minimum absolute atomic E-state index is 0.0339. The fourth-order valence-electron chi connectivity index (χ4n) is 4.44. The highest BCUT2D eigenvalue weighted by molar-refractivity contribution is 8.00. The second-order valence-corrected chi connectivity index (χ2v) is 12.1. The summed E-state index contributed by atoms with van der Waals surface area (Å²) in [6.07, 6.45) is 4.74. The van der Waals surface area contributed by atoms with Crippen LogP contribution in [-0.4, -0.2) is 41.5 Å². The molecule has 0 radical (unpaired) electrons. The van der Waals surface area contributed by atoms with Crippen LogP contribution in [0, 0.1) is 6.92 Å². The van der Waals surface area contributed by atoms with Crippen molar-refractivity contribution < 1.29 is 23.9 Å². The molecule has 9 nitrogen and oxygen atoms in total. The van der Waals surface area contributed by atoms with Crippen LogP contribution in [0.15, 0.2) is 119 Å². The van der Waals surface area contributed by atoms with Gasteiger partial charge in [0.15, 0.2) is 0 Å². The van der Waals surface area contributed by atoms with Crippen molar-refractivity contribution in [3.8, 4) is 11.1 Å². The molecular formula is C36H30N4O5S2. The van der Waals surface area contributed by atoms with Crippen molar-refractivity contribution in [3.05, 3.63) is 137 Å². The Morgan fingerprint density at radius 2 is 1.70 bits per heavy atom. The number of nitrogens with one attached hydrogen (secondary N) is 3. The largest absolute Gasteiger partial charge is 0.465 e. The third kappa shape index (κ3) is 8.81. The Morgan fingerprint density at radius 3 is 2.43 bits per heavy atom. The van der Waals surface area contributed by atoms with E-state index in [4.69, 9.17) is 4.74 Å². The highest BCUT2D eigenvalue weighted by atomic mass is 32.2. The number of ether oxygens (including phenoxy) is 1. The molecule has 0 atom stereocenters. The number of aryl methyl sites for hydroxylation is 1. The van der Waals surface area contributed by atoms with Crippen LogP contribution in [-0.2, 0) is 14.3 Å². The number of pyridine rings is 1. The number of carbonyl (C=O) groups excluding carboxylic acids is 4. The molecule has 0 unspecified atom stereocenters. The maximum atomic E-state index is 13.4. The number of aromatic nitrogens is 1. The highest BCUT2D eigenvalue weighted by Gasteiger charge is 2.22. The molecule has 0 saturated carbocycles. The fraction of sp³-hybridized carbons (Fsp3) is 0.0833. The molecule has 3 aromatic carbocycles. The molecule has 5 aromatic rings. The van der Waals surface area contributed by atoms with Crippen molar-refractivity contribution in [2.45, 2.75) is 11.8 Å². The summed E-state index contributed by atoms with van der Waals surface area (Å²) >= 11 is 2.52. The Hall–Kier alpha value is -5.52. The summed E-state index contributed by atoms with van der Waals surface area (Å²) in [4.78, 5) is 56.7. The molecular weight excluding hydrogens is 633 g/mol. The Morgan fingerprint density at radius 1 is 0.915 bits per heavy atom. The van der Waals surface area contributed by atoms with Gasteiger partial charge in [-0.05, 0) is 60.5 Å². The Balaban J connectivity index is 1.26. The van der Waals surface area contributed by atoms with E-state index in [9.17, 15) is 19.2 Å². The number of nitrogens with zero attached hydrogens (tertiary/aromatic N) is 1. The number of thioether (sulfide) groups is 1. The first kappa shape index (κ1) is 32.9. The van der Waals surface area contributed by atoms with Gasteiger partial charge in [0.25, 0.3) is 11.8 Å². The van der Waals surface area contributed by atoms with Gasteiger partial charge in [0.05, 0.1) is 12.9 Å². The molecule has 5 rings (SSSR count). The monoisotopic (exact) mass is 662 g/mol. The number of esters is 1. The zero-order chi connectivity index (χ0) is 33.2. The molecule has 0 saturated heterocycles. The molecule has 0 aliphatic carbocycles. The van der Waals surface area contributed by atoms with Crippen LogP contribution < -0.4 is 16.0 Å². The summed E-state index contributed by atoms with van der Waals surface area (Å²) in [6, 6.07) is 26.9. The van der Waals surface area contributed by atoms with Gasteiger partial charge >= 0.3 is 5.97 Å². The quantitative estimate of drug-likeness (QED) is 0.0787. The SMILES string of the molecule is COC(=O)c1c(-c2ccc(C)cc2)csc1NC(=O)CSc1cccc(NC(=O)/C(=C/c2cccnc2)NC(=O)c2ccccc2)c1. The predicted octanol–water partition coefficient (Wildman–Crippen LogP) is 7.05. The van der Waals surface area contributed by atoms with E-state index < -0.39 is 17.8 Å². The molecule has 2 aromatic heterocycles. The molecule has 3 N–H and O–H groups in total. The molecule has 0 spiro atoms. The van der Waals surface area contributed by atoms with Gasteiger partial charge in [-0.15, -0.1) is 23.1 Å². The van der Waals surface area contributed by atoms with E-state index in [0.717, 1.165) is 16.0 Å². The Labute approximate surface area is 280 Å². The van der Waals surface area contributed by atoms with Gasteiger partial charge in [-0.2, -0.15) is 0 Å². The summed E-state index contributed by atoms with van der Waals surface area (Å²) in [5.74, 6) is -1.76. The van der Waals surface area contributed by atoms with Gasteiger partial charge in [0.2, 0.25) is 5.91 Å². The van der Waals surface area contributed by atoms with E-state index >= 15 is 0 Å². The average molecular weight is 663 g/mol. The molecule has 11 heteroatoms. The second-order valence-electron chi connectivity index (χ2n) is 10.2. The number of thiophene rings is 1. The predicted molar refractivity (Wildman–Crippen MR) is 186 cm³/mol. The number of amides is 3. The lowest BCUT2D eigenvalue weighted by Gasteiger charge is -2.12. The van der Waals surface area contributed by atoms with E-state index in [0.29, 0.717) is 32.9 Å². The van der Waals surface area contributed by atoms with Crippen LogP contribution in [0.3, 0.4) is 0 Å². The average Bonchev–Trinajstić information content (AvgIpc) is 3.51. The second kappa shape index (κ2) is 15.7. The van der Waals surface area contributed by atoms with Gasteiger partial charge in [-0.25, -0.2) is 4.79 Å². The Bertz CT molecular complexity index is 1920. The van der Waals surface area contributed by atoms with E-state index in [2.05, 4.69) is 20.9 Å². The maximum Gasteiger partial charge on any atom is 0.341 e. The first-order valence-corrected chi connectivity index (χ1v) is 16.3. The number of rotatable bonds is 11. The third-order valence-electron chi connectivity index (χ3n) is 6.78. The van der Waals surface area contributed by atoms with E-state index in [-0.39, 0.29) is 17.4 Å². The Kier molecular flexibility index (Phi) is 10.9. The molecule has 0 bridgehead atoms. The van der Waals surface area contributed by atoms with Crippen LogP contribution >= 0.6 is 23.1 Å². The van der Waals surface area contributed by atoms with Gasteiger partial charge in [0.1, 0.15) is 16.3 Å². The standard InChI is InChI=1S/C36H30N4O5S2/c1-23-13-15-25(16-14-23)29-21-47-35(32(29)36(44)45-2)40-31(41)22-46-28-12-6-11-27(19-28)38-34(43)30(18-24-8-7-17-37-20-24)39-33(42)26-9-4-3-5-10-26/h3-21H,22H2,1-2H3,(H,38,43)(H,39,42)(H,40,41)/b30-18-. The van der Waals surface area contributed by atoms with Crippen molar-refractivity contribution in [1.82, 2.24) is 10.3 Å². The van der Waals surface area contributed by atoms with Crippen molar-refractivity contribution in [3.63, 3.8) is 0 Å². The van der Waals surface area contributed by atoms with Gasteiger partial charge in [-0.3, -0.25) is 19.4 Å². The van der Waals surface area contributed by atoms with E-state index in [1.54, 1.807) is 79.1 Å². The smallest absolute Gasteiger partial charge is 0.341 e. The van der Waals surface area contributed by atoms with Crippen LogP contribution in [0.2, 0.25) is 0 Å². The zero-order valence-electron chi connectivity index (χ0n) is 25.5. The maximum absolute atomic E-state index is 13.4. The molecule has 0 fully saturated rings. The number of hydrogen-bond donors (Lipinski definition) is 3. The molecule has 0 aliphatic heterocycles. The number of anilines is 2. The fourth-order valence-corrected chi connectivity index (χ4v) is 6.17. The summed E-state index contributed by atoms with van der Waals surface area (Å²) in [5.41, 5.74) is 4.47. The summed E-state index contributed by atoms with van der Waals surface area (Å²) in [5, 5.41) is 10.6. The van der Waals surface area contributed by atoms with Crippen LogP contribution in [0.1, 0.15) is 31.8 Å². The van der Waals surface area contributed by atoms with Crippen molar-refractivity contribution in [2.24, 2.45) is 0 Å². The summed E-state index contributed by atoms with van der Waals surface area (Å²) < 4.78 is 5.02. The van der Waals surface area contributed by atoms with Gasteiger partial charge < -0.3 is 20.7 Å². The molecule has 236 valence electrons. The van der Waals surface area contributed by atoms with Crippen LogP contribution in [0.5, 0.6) is 0 Å². The number of hydrogen-bond acceptors (Lipinski definition) is 8. The zero-order valence-corrected chi connectivity index (χ0v) is 27.1. The first-order chi connectivity index (χ1) is 22.8. The van der Waals surface area contributed by atoms with Crippen molar-refractivity contribution in [2.75, 3.05) is 23.5 Å². The van der Waals surface area contributed by atoms with Crippen LogP contribution in [0.25, 0.3) is 17.2 Å². The summed E-state index contributed by atoms with van der Waals surface area (Å²) in [7, 11) is 1.31. The molecule has 2 heterocycles. The normalized spacial score (nSPS) is 11.0. The minimum atomic E-state index is -0.537. The third-order valence-corrected chi connectivity index (χ3v) is 8.67. The van der Waals surface area contributed by atoms with E-state index in [1.807, 2.05) is 42.6 Å². The van der Waals surface area contributed by atoms with Gasteiger partial charge in [-0.1, -0.05) is 60.2 Å². The first-order valence-electron chi connectivity index (χ1n) is 14.4. The number of benzene rings is 3. The minimum Gasteiger partial charge on any atom is -0.465 e. The van der Waals surface area contributed by atoms with Crippen molar-refractivity contribution in [1.29, 1.82) is 0 Å². The lowest BCUT2D eigenvalue weighted by atomic mass is 10.0. The summed E-state index contributed by atoms with van der Waals surface area (Å²) in [6.45, 7) is 1.98. The lowest BCUT2D eigenvalue weighted by Crippen LogP contribution is -2.30. The van der Waals surface area contributed by atoms with Crippen LogP contribution in [0.4, 0.5) is 10.7 Å². The lowest BCUT2D eigenvalue weighted by molar-refractivity contribution is -0.114. The topological polar surface area (TPSA) is 126 Å². The highest BCUT2D eigenvalue weighted by Crippen LogP contribution is 2.36. The molecule has 47 heavy (non-hydrogen) atoms. The number of carbonyl (C=O) groups is 4. The number of methoxy groups -OCH3 is 1. The van der Waals surface area contributed by atoms with Gasteiger partial charge in [0, 0.05) is 39.5 Å². The van der Waals surface area contributed by atoms with Crippen molar-refractivity contribution >= 4 is 63.6 Å². The molecule has 3 amide bonds. The van der Waals surface area contributed by atoms with E-state index in [1.165, 1.54) is 30.2 Å².